The molecular weight excluding hydrogens is 270 g/mol. The van der Waals surface area contributed by atoms with Crippen molar-refractivity contribution < 1.29 is 14.6 Å². The summed E-state index contributed by atoms with van der Waals surface area (Å²) in [5, 5.41) is 8.65. The monoisotopic (exact) mass is 291 g/mol. The number of carboxylic acid groups (broad SMARTS) is 1. The van der Waals surface area contributed by atoms with Crippen LogP contribution in [-0.2, 0) is 22.4 Å². The van der Waals surface area contributed by atoms with Gasteiger partial charge in [0, 0.05) is 24.3 Å². The number of hydrogen-bond donors (Lipinski definition) is 1. The van der Waals surface area contributed by atoms with Crippen molar-refractivity contribution in [1.29, 1.82) is 0 Å². The second-order valence-corrected chi connectivity index (χ2v) is 5.72. The summed E-state index contributed by atoms with van der Waals surface area (Å²) in [4.78, 5) is 21.7. The minimum absolute atomic E-state index is 0.0509. The van der Waals surface area contributed by atoms with E-state index in [1.807, 2.05) is 0 Å². The minimum Gasteiger partial charge on any atom is -0.480 e. The molecule has 6 nitrogen and oxygen atoms in total. The van der Waals surface area contributed by atoms with Gasteiger partial charge in [0.2, 0.25) is 0 Å². The molecule has 0 radical (unpaired) electrons. The molecule has 0 atom stereocenters. The molecule has 2 heterocycles. The maximum absolute atomic E-state index is 10.5. The topological polar surface area (TPSA) is 75.6 Å². The molecular formula is C15H21N3O3. The Bertz CT molecular complexity index is 513. The highest BCUT2D eigenvalue weighted by molar-refractivity contribution is 5.68. The van der Waals surface area contributed by atoms with E-state index in [1.165, 1.54) is 24.1 Å². The van der Waals surface area contributed by atoms with Crippen molar-refractivity contribution in [1.82, 2.24) is 9.97 Å². The first-order chi connectivity index (χ1) is 10.2. The number of rotatable bonds is 4. The van der Waals surface area contributed by atoms with Crippen LogP contribution in [0.5, 0.6) is 0 Å². The SMILES string of the molecule is O=C(O)COC1CCN(c2ncnc3c2CCCC3)CC1. The summed E-state index contributed by atoms with van der Waals surface area (Å²) >= 11 is 0. The van der Waals surface area contributed by atoms with E-state index in [0.29, 0.717) is 0 Å². The van der Waals surface area contributed by atoms with E-state index in [1.54, 1.807) is 6.33 Å². The maximum atomic E-state index is 10.5. The normalized spacial score (nSPS) is 19.3. The van der Waals surface area contributed by atoms with Crippen molar-refractivity contribution in [3.63, 3.8) is 0 Å². The quantitative estimate of drug-likeness (QED) is 0.904. The van der Waals surface area contributed by atoms with E-state index in [4.69, 9.17) is 9.84 Å². The molecule has 0 unspecified atom stereocenters. The molecule has 21 heavy (non-hydrogen) atoms. The van der Waals surface area contributed by atoms with Crippen LogP contribution < -0.4 is 4.90 Å². The zero-order valence-electron chi connectivity index (χ0n) is 12.1. The molecule has 0 aromatic carbocycles. The van der Waals surface area contributed by atoms with Crippen LogP contribution in [0.15, 0.2) is 6.33 Å². The van der Waals surface area contributed by atoms with E-state index >= 15 is 0 Å². The van der Waals surface area contributed by atoms with Crippen LogP contribution in [0.25, 0.3) is 0 Å². The number of nitrogens with zero attached hydrogens (tertiary/aromatic N) is 3. The largest absolute Gasteiger partial charge is 0.480 e. The van der Waals surface area contributed by atoms with Crippen LogP contribution in [0.2, 0.25) is 0 Å². The lowest BCUT2D eigenvalue weighted by atomic mass is 9.95. The first-order valence-electron chi connectivity index (χ1n) is 7.65. The summed E-state index contributed by atoms with van der Waals surface area (Å²) < 4.78 is 5.38. The third-order valence-corrected chi connectivity index (χ3v) is 4.29. The summed E-state index contributed by atoms with van der Waals surface area (Å²) in [6.45, 7) is 1.54. The number of piperidine rings is 1. The molecule has 1 aromatic heterocycles. The van der Waals surface area contributed by atoms with Crippen molar-refractivity contribution in [2.45, 2.75) is 44.6 Å². The van der Waals surface area contributed by atoms with Gasteiger partial charge in [0.05, 0.1) is 6.10 Å². The summed E-state index contributed by atoms with van der Waals surface area (Å²) in [5.41, 5.74) is 2.52. The molecule has 0 saturated carbocycles. The Labute approximate surface area is 124 Å². The van der Waals surface area contributed by atoms with E-state index in [9.17, 15) is 4.79 Å². The van der Waals surface area contributed by atoms with Gasteiger partial charge in [-0.15, -0.1) is 0 Å². The summed E-state index contributed by atoms with van der Waals surface area (Å²) in [6.07, 6.45) is 7.99. The standard InChI is InChI=1S/C15H21N3O3/c19-14(20)9-21-11-5-7-18(8-6-11)15-12-3-1-2-4-13(12)16-10-17-15/h10-11H,1-9H2,(H,19,20). The lowest BCUT2D eigenvalue weighted by Gasteiger charge is -2.34. The van der Waals surface area contributed by atoms with Crippen molar-refractivity contribution >= 4 is 11.8 Å². The molecule has 1 aromatic rings. The molecule has 114 valence electrons. The first-order valence-corrected chi connectivity index (χ1v) is 7.65. The van der Waals surface area contributed by atoms with Gasteiger partial charge in [0.25, 0.3) is 0 Å². The second-order valence-electron chi connectivity index (χ2n) is 5.72. The number of fused-ring (bicyclic) bond motifs is 1. The number of aromatic nitrogens is 2. The van der Waals surface area contributed by atoms with Crippen molar-refractivity contribution in [2.24, 2.45) is 0 Å². The van der Waals surface area contributed by atoms with Gasteiger partial charge in [0.15, 0.2) is 0 Å². The molecule has 0 amide bonds. The zero-order chi connectivity index (χ0) is 14.7. The van der Waals surface area contributed by atoms with E-state index in [0.717, 1.165) is 44.6 Å². The molecule has 6 heteroatoms. The third-order valence-electron chi connectivity index (χ3n) is 4.29. The zero-order valence-corrected chi connectivity index (χ0v) is 12.1. The summed E-state index contributed by atoms with van der Waals surface area (Å²) in [7, 11) is 0. The number of hydrogen-bond acceptors (Lipinski definition) is 5. The number of ether oxygens (including phenoxy) is 1. The van der Waals surface area contributed by atoms with Crippen LogP contribution in [0.1, 0.15) is 36.9 Å². The van der Waals surface area contributed by atoms with Gasteiger partial charge in [-0.05, 0) is 38.5 Å². The highest BCUT2D eigenvalue weighted by Gasteiger charge is 2.25. The number of aliphatic carboxylic acids is 1. The lowest BCUT2D eigenvalue weighted by molar-refractivity contribution is -0.144. The fourth-order valence-electron chi connectivity index (χ4n) is 3.20. The molecule has 0 bridgehead atoms. The number of carbonyl (C=O) groups is 1. The predicted molar refractivity (Wildman–Crippen MR) is 77.5 cm³/mol. The number of carboxylic acids is 1. The van der Waals surface area contributed by atoms with Gasteiger partial charge < -0.3 is 14.7 Å². The lowest BCUT2D eigenvalue weighted by Crippen LogP contribution is -2.39. The number of aryl methyl sites for hydroxylation is 1. The fraction of sp³-hybridized carbons (Fsp3) is 0.667. The van der Waals surface area contributed by atoms with Crippen molar-refractivity contribution in [2.75, 3.05) is 24.6 Å². The minimum atomic E-state index is -0.901. The number of anilines is 1. The molecule has 1 N–H and O–H groups in total. The Morgan fingerprint density at radius 1 is 1.29 bits per heavy atom. The van der Waals surface area contributed by atoms with Crippen LogP contribution in [0, 0.1) is 0 Å². The van der Waals surface area contributed by atoms with Gasteiger partial charge >= 0.3 is 5.97 Å². The van der Waals surface area contributed by atoms with Gasteiger partial charge in [-0.25, -0.2) is 14.8 Å². The molecule has 2 aliphatic rings. The maximum Gasteiger partial charge on any atom is 0.329 e. The third kappa shape index (κ3) is 3.32. The second kappa shape index (κ2) is 6.39. The van der Waals surface area contributed by atoms with Crippen LogP contribution in [0.3, 0.4) is 0 Å². The fourth-order valence-corrected chi connectivity index (χ4v) is 3.20. The van der Waals surface area contributed by atoms with E-state index in [2.05, 4.69) is 14.9 Å². The Morgan fingerprint density at radius 2 is 2.05 bits per heavy atom. The highest BCUT2D eigenvalue weighted by Crippen LogP contribution is 2.29. The van der Waals surface area contributed by atoms with Crippen molar-refractivity contribution in [3.05, 3.63) is 17.6 Å². The average Bonchev–Trinajstić information content (AvgIpc) is 2.53. The smallest absolute Gasteiger partial charge is 0.329 e. The molecule has 1 aliphatic heterocycles. The van der Waals surface area contributed by atoms with Gasteiger partial charge in [-0.1, -0.05) is 0 Å². The first kappa shape index (κ1) is 14.3. The van der Waals surface area contributed by atoms with Gasteiger partial charge in [-0.3, -0.25) is 0 Å². The Morgan fingerprint density at radius 3 is 2.81 bits per heavy atom. The van der Waals surface area contributed by atoms with Crippen LogP contribution >= 0.6 is 0 Å². The van der Waals surface area contributed by atoms with Gasteiger partial charge in [-0.2, -0.15) is 0 Å². The average molecular weight is 291 g/mol. The molecule has 3 rings (SSSR count). The predicted octanol–water partition coefficient (Wildman–Crippen LogP) is 1.43. The summed E-state index contributed by atoms with van der Waals surface area (Å²) in [5.74, 6) is 0.179. The van der Waals surface area contributed by atoms with E-state index in [-0.39, 0.29) is 12.7 Å². The Kier molecular flexibility index (Phi) is 4.34. The highest BCUT2D eigenvalue weighted by atomic mass is 16.5. The Hall–Kier alpha value is -1.69. The van der Waals surface area contributed by atoms with E-state index < -0.39 is 5.97 Å². The van der Waals surface area contributed by atoms with Gasteiger partial charge in [0.1, 0.15) is 18.8 Å². The van der Waals surface area contributed by atoms with Crippen LogP contribution in [0.4, 0.5) is 5.82 Å². The van der Waals surface area contributed by atoms with Crippen molar-refractivity contribution in [3.8, 4) is 0 Å². The van der Waals surface area contributed by atoms with Crippen LogP contribution in [-0.4, -0.2) is 46.8 Å². The molecule has 1 saturated heterocycles. The molecule has 1 aliphatic carbocycles. The molecule has 1 fully saturated rings. The summed E-state index contributed by atoms with van der Waals surface area (Å²) in [6, 6.07) is 0. The Balaban J connectivity index is 1.63. The molecule has 0 spiro atoms.